The molecule has 7 atom stereocenters. The van der Waals surface area contributed by atoms with Crippen molar-refractivity contribution in [1.82, 2.24) is 15.1 Å². The first-order valence-electron chi connectivity index (χ1n) is 13.2. The van der Waals surface area contributed by atoms with Crippen molar-refractivity contribution in [2.24, 2.45) is 11.8 Å². The summed E-state index contributed by atoms with van der Waals surface area (Å²) in [4.78, 5) is 57.1. The predicted octanol–water partition coefficient (Wildman–Crippen LogP) is 0.933. The lowest BCUT2D eigenvalue weighted by atomic mass is 9.77. The lowest BCUT2D eigenvalue weighted by Crippen LogP contribution is -2.60. The van der Waals surface area contributed by atoms with Crippen LogP contribution in [0.2, 0.25) is 0 Å². The number of cyclic esters (lactones) is 1. The van der Waals surface area contributed by atoms with Crippen molar-refractivity contribution in [3.63, 3.8) is 0 Å². The number of carbonyl (C=O) groups excluding carboxylic acids is 4. The van der Waals surface area contributed by atoms with Crippen LogP contribution in [0.3, 0.4) is 0 Å². The van der Waals surface area contributed by atoms with Crippen LogP contribution in [-0.2, 0) is 28.7 Å². The molecule has 0 saturated carbocycles. The number of nitrogens with one attached hydrogen (secondary N) is 1. The van der Waals surface area contributed by atoms with Gasteiger partial charge in [-0.3, -0.25) is 19.2 Å². The molecule has 1 spiro atoms. The number of nitrogens with zero attached hydrogens (tertiary/aromatic N) is 2. The number of allylic oxidation sites excluding steroid dienone is 1. The highest BCUT2D eigenvalue weighted by Gasteiger charge is 2.72. The van der Waals surface area contributed by atoms with Crippen LogP contribution >= 0.6 is 0 Å². The fraction of sp³-hybridized carbons (Fsp3) is 0.704. The molecule has 204 valence electrons. The monoisotopic (exact) mass is 517 g/mol. The van der Waals surface area contributed by atoms with E-state index in [1.165, 1.54) is 4.90 Å². The van der Waals surface area contributed by atoms with Gasteiger partial charge < -0.3 is 29.7 Å². The second kappa shape index (κ2) is 10.2. The van der Waals surface area contributed by atoms with Gasteiger partial charge in [-0.05, 0) is 40.5 Å². The van der Waals surface area contributed by atoms with Gasteiger partial charge in [0.25, 0.3) is 0 Å². The smallest absolute Gasteiger partial charge is 0.313 e. The SMILES string of the molecule is CC[C@@H](CO)N1C(=O)[C@H]2[C@@H]3C(=O)O[C@@H](C)CNC(=O)CC/C=C\[C@@H]3O[C@]23C=CCN(C(C)(C)C)C(=O)[C@H]13. The van der Waals surface area contributed by atoms with Crippen LogP contribution in [0.4, 0.5) is 0 Å². The Kier molecular flexibility index (Phi) is 7.54. The van der Waals surface area contributed by atoms with E-state index < -0.39 is 59.1 Å². The Morgan fingerprint density at radius 1 is 1.19 bits per heavy atom. The molecule has 37 heavy (non-hydrogen) atoms. The number of hydrogen-bond donors (Lipinski definition) is 2. The van der Waals surface area contributed by atoms with E-state index in [1.54, 1.807) is 30.1 Å². The molecule has 10 heteroatoms. The minimum absolute atomic E-state index is 0.146. The van der Waals surface area contributed by atoms with Gasteiger partial charge in [-0.15, -0.1) is 0 Å². The van der Waals surface area contributed by atoms with Gasteiger partial charge in [0.1, 0.15) is 23.7 Å². The summed E-state index contributed by atoms with van der Waals surface area (Å²) < 4.78 is 12.3. The van der Waals surface area contributed by atoms with Crippen LogP contribution in [0.15, 0.2) is 24.3 Å². The molecule has 4 aliphatic heterocycles. The summed E-state index contributed by atoms with van der Waals surface area (Å²) in [5, 5.41) is 12.9. The van der Waals surface area contributed by atoms with Gasteiger partial charge in [-0.2, -0.15) is 0 Å². The predicted molar refractivity (Wildman–Crippen MR) is 134 cm³/mol. The molecule has 10 nitrogen and oxygen atoms in total. The van der Waals surface area contributed by atoms with E-state index >= 15 is 0 Å². The molecule has 0 aromatic rings. The number of likely N-dealkylation sites (tertiary alicyclic amines) is 1. The fourth-order valence-electron chi connectivity index (χ4n) is 6.01. The molecule has 0 unspecified atom stereocenters. The molecule has 4 rings (SSSR count). The standard InChI is InChI=1S/C27H39N3O7/c1-6-17(15-31)30-22-24(34)29(26(3,4)5)13-9-12-27(22)21(23(30)33)20-18(37-27)10-7-8-11-19(32)28-14-16(2)36-25(20)35/h7,9-10,12,16-18,20-22,31H,6,8,11,13-15H2,1-5H3,(H,28,32)/b10-7-/t16-,17-,18-,20+,21+,22-,27+/m0/s1. The number of carbonyl (C=O) groups is 4. The maximum absolute atomic E-state index is 14.2. The summed E-state index contributed by atoms with van der Waals surface area (Å²) in [6.45, 7) is 9.49. The summed E-state index contributed by atoms with van der Waals surface area (Å²) in [7, 11) is 0. The number of esters is 1. The van der Waals surface area contributed by atoms with E-state index in [0.717, 1.165) is 0 Å². The number of aliphatic hydroxyl groups excluding tert-OH is 1. The molecule has 0 radical (unpaired) electrons. The van der Waals surface area contributed by atoms with Crippen molar-refractivity contribution in [1.29, 1.82) is 0 Å². The zero-order chi connectivity index (χ0) is 27.1. The molecule has 0 aromatic heterocycles. The average Bonchev–Trinajstić information content (AvgIpc) is 3.20. The van der Waals surface area contributed by atoms with E-state index in [4.69, 9.17) is 9.47 Å². The normalized spacial score (nSPS) is 36.4. The molecule has 0 aliphatic carbocycles. The Morgan fingerprint density at radius 3 is 2.57 bits per heavy atom. The van der Waals surface area contributed by atoms with Crippen molar-refractivity contribution >= 4 is 23.7 Å². The molecule has 2 N–H and O–H groups in total. The molecular formula is C27H39N3O7. The number of aliphatic hydroxyl groups is 1. The van der Waals surface area contributed by atoms with Crippen molar-refractivity contribution in [2.75, 3.05) is 19.7 Å². The van der Waals surface area contributed by atoms with Gasteiger partial charge in [0.2, 0.25) is 17.7 Å². The van der Waals surface area contributed by atoms with Crippen LogP contribution in [0.5, 0.6) is 0 Å². The second-order valence-corrected chi connectivity index (χ2v) is 11.4. The topological polar surface area (TPSA) is 125 Å². The Labute approximate surface area is 218 Å². The fourth-order valence-corrected chi connectivity index (χ4v) is 6.01. The minimum atomic E-state index is -1.40. The Morgan fingerprint density at radius 2 is 1.92 bits per heavy atom. The molecule has 0 bridgehead atoms. The average molecular weight is 518 g/mol. The van der Waals surface area contributed by atoms with Gasteiger partial charge in [0.15, 0.2) is 0 Å². The lowest BCUT2D eigenvalue weighted by molar-refractivity contribution is -0.160. The maximum Gasteiger partial charge on any atom is 0.313 e. The molecule has 2 fully saturated rings. The highest BCUT2D eigenvalue weighted by Crippen LogP contribution is 2.54. The zero-order valence-corrected chi connectivity index (χ0v) is 22.3. The quantitative estimate of drug-likeness (QED) is 0.421. The van der Waals surface area contributed by atoms with Crippen molar-refractivity contribution in [3.8, 4) is 0 Å². The molecule has 3 amide bonds. The van der Waals surface area contributed by atoms with Crippen LogP contribution in [0.25, 0.3) is 0 Å². The number of ether oxygens (including phenoxy) is 2. The lowest BCUT2D eigenvalue weighted by Gasteiger charge is -2.42. The van der Waals surface area contributed by atoms with Gasteiger partial charge in [0, 0.05) is 18.5 Å². The maximum atomic E-state index is 14.2. The molecule has 4 heterocycles. The molecule has 4 aliphatic rings. The summed E-state index contributed by atoms with van der Waals surface area (Å²) in [5.41, 5.74) is -1.92. The highest BCUT2D eigenvalue weighted by molar-refractivity contribution is 5.99. The Balaban J connectivity index is 1.84. The van der Waals surface area contributed by atoms with E-state index in [2.05, 4.69) is 5.32 Å². The van der Waals surface area contributed by atoms with E-state index in [1.807, 2.05) is 33.8 Å². The van der Waals surface area contributed by atoms with Gasteiger partial charge in [-0.25, -0.2) is 0 Å². The molecule has 0 aromatic carbocycles. The Bertz CT molecular complexity index is 998. The largest absolute Gasteiger partial charge is 0.460 e. The summed E-state index contributed by atoms with van der Waals surface area (Å²) in [6, 6.07) is -1.64. The second-order valence-electron chi connectivity index (χ2n) is 11.4. The minimum Gasteiger partial charge on any atom is -0.460 e. The summed E-state index contributed by atoms with van der Waals surface area (Å²) >= 11 is 0. The summed E-state index contributed by atoms with van der Waals surface area (Å²) in [5.74, 6) is -3.41. The van der Waals surface area contributed by atoms with Crippen molar-refractivity contribution in [3.05, 3.63) is 24.3 Å². The first-order chi connectivity index (χ1) is 17.5. The first kappa shape index (κ1) is 27.3. The van der Waals surface area contributed by atoms with Gasteiger partial charge in [0.05, 0.1) is 31.2 Å². The Hall–Kier alpha value is -2.72. The third-order valence-electron chi connectivity index (χ3n) is 7.86. The zero-order valence-electron chi connectivity index (χ0n) is 22.3. The van der Waals surface area contributed by atoms with E-state index in [9.17, 15) is 24.3 Å². The van der Waals surface area contributed by atoms with Crippen LogP contribution in [0, 0.1) is 11.8 Å². The molecular weight excluding hydrogens is 478 g/mol. The number of hydrogen-bond acceptors (Lipinski definition) is 7. The number of fused-ring (bicyclic) bond motifs is 2. The highest BCUT2D eigenvalue weighted by atomic mass is 16.6. The third-order valence-corrected chi connectivity index (χ3v) is 7.86. The van der Waals surface area contributed by atoms with Crippen LogP contribution < -0.4 is 5.32 Å². The van der Waals surface area contributed by atoms with Crippen molar-refractivity contribution in [2.45, 2.75) is 89.3 Å². The van der Waals surface area contributed by atoms with Gasteiger partial charge >= 0.3 is 5.97 Å². The molecule has 2 saturated heterocycles. The van der Waals surface area contributed by atoms with Crippen molar-refractivity contribution < 1.29 is 33.8 Å². The first-order valence-corrected chi connectivity index (χ1v) is 13.2. The van der Waals surface area contributed by atoms with E-state index in [0.29, 0.717) is 19.4 Å². The van der Waals surface area contributed by atoms with Crippen LogP contribution in [-0.4, -0.2) is 93.7 Å². The summed E-state index contributed by atoms with van der Waals surface area (Å²) in [6.07, 6.45) is 6.82. The number of rotatable bonds is 3. The third kappa shape index (κ3) is 4.69. The van der Waals surface area contributed by atoms with Gasteiger partial charge in [-0.1, -0.05) is 31.2 Å². The number of amides is 3. The van der Waals surface area contributed by atoms with E-state index in [-0.39, 0.29) is 31.4 Å². The van der Waals surface area contributed by atoms with Crippen LogP contribution in [0.1, 0.15) is 53.9 Å².